The minimum Gasteiger partial charge on any atom is -0.342 e. The van der Waals surface area contributed by atoms with Gasteiger partial charge in [-0.25, -0.2) is 0 Å². The van der Waals surface area contributed by atoms with E-state index in [1.807, 2.05) is 84.4 Å². The Hall–Kier alpha value is -3.87. The number of aromatic nitrogens is 1. The minimum atomic E-state index is -0.397. The monoisotopic (exact) mass is 494 g/mol. The number of benzene rings is 3. The predicted molar refractivity (Wildman–Crippen MR) is 144 cm³/mol. The van der Waals surface area contributed by atoms with Crippen LogP contribution >= 0.6 is 23.4 Å². The molecule has 3 heterocycles. The fourth-order valence-electron chi connectivity index (χ4n) is 4.38. The molecule has 0 spiro atoms. The normalized spacial score (nSPS) is 16.6. The van der Waals surface area contributed by atoms with Gasteiger partial charge in [-0.15, -0.1) is 0 Å². The van der Waals surface area contributed by atoms with Crippen LogP contribution in [0, 0.1) is 5.41 Å². The summed E-state index contributed by atoms with van der Waals surface area (Å²) in [6.45, 7) is 0.665. The van der Waals surface area contributed by atoms with Gasteiger partial charge in [-0.3, -0.25) is 15.1 Å². The fraction of sp³-hybridized carbons (Fsp3) is 0.0357. The average molecular weight is 495 g/mol. The molecule has 0 saturated carbocycles. The number of hydrogen-bond donors (Lipinski definition) is 1. The highest BCUT2D eigenvalue weighted by Gasteiger charge is 2.36. The van der Waals surface area contributed by atoms with Crippen molar-refractivity contribution < 1.29 is 4.79 Å². The standard InChI is InChI=1S/C28H19ClN4OS/c29-21-12-10-18(11-13-21)15-32-16-20(22-8-4-5-9-24(22)32)14-23-26(30)33-25(19-6-2-1-3-7-19)17-35-28(33)31-27(23)34/h1-14,16-17,30H,15H2/b23-14-,30-26?. The van der Waals surface area contributed by atoms with E-state index in [0.29, 0.717) is 16.7 Å². The lowest BCUT2D eigenvalue weighted by atomic mass is 10.1. The van der Waals surface area contributed by atoms with Crippen LogP contribution in [0.15, 0.2) is 101 Å². The summed E-state index contributed by atoms with van der Waals surface area (Å²) >= 11 is 7.42. The number of amidine groups is 2. The number of rotatable bonds is 4. The van der Waals surface area contributed by atoms with Gasteiger partial charge < -0.3 is 4.57 Å². The molecule has 0 bridgehead atoms. The first-order valence-electron chi connectivity index (χ1n) is 11.1. The molecule has 0 aliphatic carbocycles. The van der Waals surface area contributed by atoms with E-state index in [1.165, 1.54) is 11.8 Å². The van der Waals surface area contributed by atoms with Crippen LogP contribution in [0.25, 0.3) is 22.7 Å². The van der Waals surface area contributed by atoms with Crippen molar-refractivity contribution in [1.29, 1.82) is 5.41 Å². The SMILES string of the molecule is N=C1/C(=C/c2cn(Cc3ccc(Cl)cc3)c3ccccc23)C(=O)N=C2SC=C(c3ccccc3)N12. The maximum Gasteiger partial charge on any atom is 0.283 e. The first kappa shape index (κ1) is 21.6. The highest BCUT2D eigenvalue weighted by atomic mass is 35.5. The van der Waals surface area contributed by atoms with E-state index in [0.717, 1.165) is 33.3 Å². The Labute approximate surface area is 211 Å². The molecule has 2 aliphatic heterocycles. The molecular weight excluding hydrogens is 476 g/mol. The number of hydrogen-bond acceptors (Lipinski definition) is 3. The van der Waals surface area contributed by atoms with E-state index in [9.17, 15) is 4.79 Å². The van der Waals surface area contributed by atoms with Crippen LogP contribution in [0.1, 0.15) is 16.7 Å². The van der Waals surface area contributed by atoms with Gasteiger partial charge in [-0.1, -0.05) is 84.0 Å². The second-order valence-electron chi connectivity index (χ2n) is 8.28. The molecule has 0 saturated heterocycles. The van der Waals surface area contributed by atoms with Crippen LogP contribution in [0.2, 0.25) is 5.02 Å². The van der Waals surface area contributed by atoms with Crippen LogP contribution in [-0.2, 0) is 11.3 Å². The lowest BCUT2D eigenvalue weighted by Gasteiger charge is -2.26. The van der Waals surface area contributed by atoms with Crippen LogP contribution in [-0.4, -0.2) is 26.4 Å². The number of halogens is 1. The Bertz CT molecular complexity index is 1580. The van der Waals surface area contributed by atoms with E-state index in [4.69, 9.17) is 17.0 Å². The van der Waals surface area contributed by atoms with E-state index in [1.54, 1.807) is 11.0 Å². The molecule has 1 aromatic heterocycles. The number of fused-ring (bicyclic) bond motifs is 2. The molecule has 1 N–H and O–H groups in total. The molecule has 6 rings (SSSR count). The quantitative estimate of drug-likeness (QED) is 0.323. The summed E-state index contributed by atoms with van der Waals surface area (Å²) in [7, 11) is 0. The van der Waals surface area contributed by atoms with Gasteiger partial charge in [0.05, 0.1) is 11.3 Å². The van der Waals surface area contributed by atoms with Gasteiger partial charge >= 0.3 is 0 Å². The average Bonchev–Trinajstić information content (AvgIpc) is 3.45. The second kappa shape index (κ2) is 8.73. The third kappa shape index (κ3) is 3.91. The highest BCUT2D eigenvalue weighted by molar-refractivity contribution is 8.17. The van der Waals surface area contributed by atoms with E-state index in [-0.39, 0.29) is 11.4 Å². The Kier molecular flexibility index (Phi) is 5.40. The number of amides is 1. The summed E-state index contributed by atoms with van der Waals surface area (Å²) in [5.74, 6) is -0.263. The number of carbonyl (C=O) groups is 1. The summed E-state index contributed by atoms with van der Waals surface area (Å²) in [4.78, 5) is 19.0. The molecule has 35 heavy (non-hydrogen) atoms. The zero-order valence-corrected chi connectivity index (χ0v) is 20.1. The van der Waals surface area contributed by atoms with E-state index < -0.39 is 5.91 Å². The fourth-order valence-corrected chi connectivity index (χ4v) is 5.39. The third-order valence-corrected chi connectivity index (χ3v) is 7.15. The number of carbonyl (C=O) groups excluding carboxylic acids is 1. The minimum absolute atomic E-state index is 0.134. The van der Waals surface area contributed by atoms with Crippen LogP contribution in [0.4, 0.5) is 0 Å². The zero-order chi connectivity index (χ0) is 23.9. The van der Waals surface area contributed by atoms with Gasteiger partial charge in [0.1, 0.15) is 5.84 Å². The highest BCUT2D eigenvalue weighted by Crippen LogP contribution is 2.37. The van der Waals surface area contributed by atoms with Gasteiger partial charge in [-0.2, -0.15) is 4.99 Å². The van der Waals surface area contributed by atoms with Crippen molar-refractivity contribution >= 4 is 62.9 Å². The van der Waals surface area contributed by atoms with Crippen molar-refractivity contribution in [3.05, 3.63) is 118 Å². The summed E-state index contributed by atoms with van der Waals surface area (Å²) in [6.07, 6.45) is 3.82. The van der Waals surface area contributed by atoms with Crippen molar-refractivity contribution in [3.8, 4) is 0 Å². The Morgan fingerprint density at radius 3 is 2.51 bits per heavy atom. The van der Waals surface area contributed by atoms with Gasteiger partial charge in [0.25, 0.3) is 5.91 Å². The topological polar surface area (TPSA) is 61.5 Å². The van der Waals surface area contributed by atoms with Crippen molar-refractivity contribution in [3.63, 3.8) is 0 Å². The molecule has 2 aliphatic rings. The molecule has 0 radical (unpaired) electrons. The van der Waals surface area contributed by atoms with Crippen molar-refractivity contribution in [2.75, 3.05) is 0 Å². The molecule has 0 atom stereocenters. The number of aliphatic imine (C=N–C) groups is 1. The van der Waals surface area contributed by atoms with Gasteiger partial charge in [-0.05, 0) is 35.4 Å². The summed E-state index contributed by atoms with van der Waals surface area (Å²) in [6, 6.07) is 25.7. The predicted octanol–water partition coefficient (Wildman–Crippen LogP) is 6.65. The van der Waals surface area contributed by atoms with Gasteiger partial charge in [0.15, 0.2) is 5.17 Å². The first-order chi connectivity index (χ1) is 17.1. The number of nitrogens with zero attached hydrogens (tertiary/aromatic N) is 3. The number of para-hydroxylation sites is 1. The second-order valence-corrected chi connectivity index (χ2v) is 9.56. The van der Waals surface area contributed by atoms with E-state index in [2.05, 4.69) is 15.6 Å². The zero-order valence-electron chi connectivity index (χ0n) is 18.5. The summed E-state index contributed by atoms with van der Waals surface area (Å²) in [5.41, 5.74) is 5.14. The van der Waals surface area contributed by atoms with Crippen molar-refractivity contribution in [2.24, 2.45) is 4.99 Å². The van der Waals surface area contributed by atoms with Crippen molar-refractivity contribution in [1.82, 2.24) is 9.47 Å². The van der Waals surface area contributed by atoms with Gasteiger partial charge in [0, 0.05) is 39.6 Å². The smallest absolute Gasteiger partial charge is 0.283 e. The lowest BCUT2D eigenvalue weighted by Crippen LogP contribution is -2.37. The van der Waals surface area contributed by atoms with E-state index >= 15 is 0 Å². The summed E-state index contributed by atoms with van der Waals surface area (Å²) < 4.78 is 2.15. The van der Waals surface area contributed by atoms with Crippen LogP contribution < -0.4 is 0 Å². The largest absolute Gasteiger partial charge is 0.342 e. The molecule has 170 valence electrons. The molecule has 0 fully saturated rings. The Morgan fingerprint density at radius 1 is 0.971 bits per heavy atom. The Morgan fingerprint density at radius 2 is 1.71 bits per heavy atom. The third-order valence-electron chi connectivity index (χ3n) is 6.07. The maximum absolute atomic E-state index is 13.0. The van der Waals surface area contributed by atoms with Crippen LogP contribution in [0.3, 0.4) is 0 Å². The Balaban J connectivity index is 1.40. The molecule has 7 heteroatoms. The summed E-state index contributed by atoms with van der Waals surface area (Å²) in [5, 5.41) is 13.1. The lowest BCUT2D eigenvalue weighted by molar-refractivity contribution is -0.114. The number of thioether (sulfide) groups is 1. The molecule has 0 unspecified atom stereocenters. The maximum atomic E-state index is 13.0. The van der Waals surface area contributed by atoms with Gasteiger partial charge in [0.2, 0.25) is 0 Å². The molecule has 5 nitrogen and oxygen atoms in total. The molecular formula is C28H19ClN4OS. The molecule has 3 aromatic carbocycles. The first-order valence-corrected chi connectivity index (χ1v) is 12.3. The van der Waals surface area contributed by atoms with Crippen LogP contribution in [0.5, 0.6) is 0 Å². The van der Waals surface area contributed by atoms with Crippen molar-refractivity contribution in [2.45, 2.75) is 6.54 Å². The molecule has 1 amide bonds. The number of nitrogens with one attached hydrogen (secondary N) is 1. The molecule has 4 aromatic rings.